The lowest BCUT2D eigenvalue weighted by atomic mass is 9.95. The van der Waals surface area contributed by atoms with Crippen LogP contribution in [0.1, 0.15) is 29.8 Å². The van der Waals surface area contributed by atoms with Crippen molar-refractivity contribution >= 4 is 12.6 Å². The molecule has 1 heterocycles. The zero-order valence-electron chi connectivity index (χ0n) is 7.14. The number of aromatic amines is 1. The van der Waals surface area contributed by atoms with E-state index in [1.54, 1.807) is 0 Å². The molecule has 0 unspecified atom stereocenters. The fraction of sp³-hybridized carbons (Fsp3) is 0.667. The number of H-pyrrole nitrogens is 1. The molecule has 0 aromatic carbocycles. The summed E-state index contributed by atoms with van der Waals surface area (Å²) in [6.45, 7) is 0. The van der Waals surface area contributed by atoms with Crippen molar-refractivity contribution in [3.05, 3.63) is 17.0 Å². The Balaban J connectivity index is 2.25. The van der Waals surface area contributed by atoms with Crippen LogP contribution in [0.15, 0.2) is 0 Å². The Kier molecular flexibility index (Phi) is 2.40. The fourth-order valence-corrected chi connectivity index (χ4v) is 2.07. The summed E-state index contributed by atoms with van der Waals surface area (Å²) >= 11 is 4.22. The zero-order valence-corrected chi connectivity index (χ0v) is 8.03. The molecule has 12 heavy (non-hydrogen) atoms. The second-order valence-electron chi connectivity index (χ2n) is 3.31. The summed E-state index contributed by atoms with van der Waals surface area (Å²) in [4.78, 5) is 0. The lowest BCUT2D eigenvalue weighted by molar-refractivity contribution is 0.672. The van der Waals surface area contributed by atoms with Gasteiger partial charge in [0.05, 0.1) is 5.69 Å². The molecule has 0 fully saturated rings. The number of thiol groups is 1. The van der Waals surface area contributed by atoms with E-state index in [0.717, 1.165) is 12.2 Å². The van der Waals surface area contributed by atoms with Crippen molar-refractivity contribution < 1.29 is 0 Å². The van der Waals surface area contributed by atoms with Crippen LogP contribution in [0.3, 0.4) is 0 Å². The van der Waals surface area contributed by atoms with E-state index < -0.39 is 0 Å². The van der Waals surface area contributed by atoms with Gasteiger partial charge in [-0.2, -0.15) is 17.7 Å². The Morgan fingerprint density at radius 2 is 2.17 bits per heavy atom. The van der Waals surface area contributed by atoms with Gasteiger partial charge in [-0.25, -0.2) is 0 Å². The van der Waals surface area contributed by atoms with Crippen LogP contribution in [-0.2, 0) is 19.3 Å². The van der Waals surface area contributed by atoms with Gasteiger partial charge in [0.1, 0.15) is 0 Å². The van der Waals surface area contributed by atoms with E-state index in [1.165, 1.54) is 42.6 Å². The van der Waals surface area contributed by atoms with Crippen molar-refractivity contribution in [2.45, 2.75) is 32.1 Å². The number of rotatable bonds is 2. The first-order valence-corrected chi connectivity index (χ1v) is 5.21. The van der Waals surface area contributed by atoms with Gasteiger partial charge >= 0.3 is 0 Å². The minimum absolute atomic E-state index is 0.900. The first-order chi connectivity index (χ1) is 5.92. The maximum absolute atomic E-state index is 4.31. The Morgan fingerprint density at radius 1 is 1.33 bits per heavy atom. The minimum atomic E-state index is 0.900. The molecule has 0 amide bonds. The van der Waals surface area contributed by atoms with E-state index in [9.17, 15) is 0 Å². The third-order valence-electron chi connectivity index (χ3n) is 2.49. The summed E-state index contributed by atoms with van der Waals surface area (Å²) in [5, 5.41) is 7.44. The van der Waals surface area contributed by atoms with Gasteiger partial charge in [-0.1, -0.05) is 0 Å². The highest BCUT2D eigenvalue weighted by Gasteiger charge is 2.15. The molecule has 66 valence electrons. The largest absolute Gasteiger partial charge is 0.282 e. The van der Waals surface area contributed by atoms with Crippen molar-refractivity contribution in [2.24, 2.45) is 0 Å². The number of hydrogen-bond acceptors (Lipinski definition) is 2. The van der Waals surface area contributed by atoms with Crippen LogP contribution >= 0.6 is 12.6 Å². The highest BCUT2D eigenvalue weighted by molar-refractivity contribution is 7.80. The second-order valence-corrected chi connectivity index (χ2v) is 3.76. The van der Waals surface area contributed by atoms with Crippen molar-refractivity contribution in [3.8, 4) is 0 Å². The third-order valence-corrected chi connectivity index (χ3v) is 2.71. The summed E-state index contributed by atoms with van der Waals surface area (Å²) in [6.07, 6.45) is 6.06. The predicted molar refractivity (Wildman–Crippen MR) is 52.8 cm³/mol. The zero-order chi connectivity index (χ0) is 8.39. The summed E-state index contributed by atoms with van der Waals surface area (Å²) in [6, 6.07) is 0. The van der Waals surface area contributed by atoms with Gasteiger partial charge in [0, 0.05) is 12.1 Å². The van der Waals surface area contributed by atoms with Crippen molar-refractivity contribution in [1.29, 1.82) is 0 Å². The van der Waals surface area contributed by atoms with Crippen LogP contribution in [0, 0.1) is 0 Å². The normalized spacial score (nSPS) is 16.1. The molecule has 0 saturated carbocycles. The average Bonchev–Trinajstić information content (AvgIpc) is 2.50. The standard InChI is InChI=1S/C9H14N2S/c12-6-5-9-7-3-1-2-4-8(7)10-11-9/h12H,1-6H2,(H,10,11). The molecule has 0 saturated heterocycles. The van der Waals surface area contributed by atoms with Gasteiger partial charge in [0.25, 0.3) is 0 Å². The van der Waals surface area contributed by atoms with Gasteiger partial charge in [0.15, 0.2) is 0 Å². The van der Waals surface area contributed by atoms with Crippen molar-refractivity contribution in [3.63, 3.8) is 0 Å². The summed E-state index contributed by atoms with van der Waals surface area (Å²) in [5.74, 6) is 0.900. The monoisotopic (exact) mass is 182 g/mol. The maximum Gasteiger partial charge on any atom is 0.0665 e. The molecule has 1 aliphatic carbocycles. The van der Waals surface area contributed by atoms with E-state index >= 15 is 0 Å². The van der Waals surface area contributed by atoms with Crippen molar-refractivity contribution in [1.82, 2.24) is 10.2 Å². The van der Waals surface area contributed by atoms with Crippen LogP contribution in [0.25, 0.3) is 0 Å². The number of aromatic nitrogens is 2. The number of nitrogens with one attached hydrogen (secondary N) is 1. The third kappa shape index (κ3) is 1.38. The molecule has 0 radical (unpaired) electrons. The molecule has 0 aliphatic heterocycles. The van der Waals surface area contributed by atoms with Gasteiger partial charge in [-0.3, -0.25) is 5.10 Å². The van der Waals surface area contributed by atoms with Gasteiger partial charge in [0.2, 0.25) is 0 Å². The molecule has 1 aromatic heterocycles. The van der Waals surface area contributed by atoms with Crippen molar-refractivity contribution in [2.75, 3.05) is 5.75 Å². The quantitative estimate of drug-likeness (QED) is 0.670. The fourth-order valence-electron chi connectivity index (χ4n) is 1.86. The highest BCUT2D eigenvalue weighted by Crippen LogP contribution is 2.22. The number of fused-ring (bicyclic) bond motifs is 1. The molecule has 3 heteroatoms. The molecule has 0 atom stereocenters. The van der Waals surface area contributed by atoms with Gasteiger partial charge in [-0.05, 0) is 37.0 Å². The molecule has 1 N–H and O–H groups in total. The van der Waals surface area contributed by atoms with E-state index in [2.05, 4.69) is 22.8 Å². The van der Waals surface area contributed by atoms with E-state index in [4.69, 9.17) is 0 Å². The molecule has 0 spiro atoms. The minimum Gasteiger partial charge on any atom is -0.282 e. The second kappa shape index (κ2) is 3.52. The first-order valence-electron chi connectivity index (χ1n) is 4.57. The van der Waals surface area contributed by atoms with Gasteiger partial charge in [-0.15, -0.1) is 0 Å². The van der Waals surface area contributed by atoms with Crippen LogP contribution in [-0.4, -0.2) is 16.0 Å². The number of hydrogen-bond donors (Lipinski definition) is 2. The van der Waals surface area contributed by atoms with Crippen LogP contribution in [0.4, 0.5) is 0 Å². The molecule has 1 aliphatic rings. The van der Waals surface area contributed by atoms with Crippen LogP contribution in [0.2, 0.25) is 0 Å². The van der Waals surface area contributed by atoms with E-state index in [0.29, 0.717) is 0 Å². The Morgan fingerprint density at radius 3 is 3.00 bits per heavy atom. The number of nitrogens with zero attached hydrogens (tertiary/aromatic N) is 1. The molecule has 2 rings (SSSR count). The smallest absolute Gasteiger partial charge is 0.0665 e. The average molecular weight is 182 g/mol. The lowest BCUT2D eigenvalue weighted by Crippen LogP contribution is -2.02. The predicted octanol–water partition coefficient (Wildman–Crippen LogP) is 1.76. The molecular weight excluding hydrogens is 168 g/mol. The van der Waals surface area contributed by atoms with Gasteiger partial charge < -0.3 is 0 Å². The Labute approximate surface area is 78.2 Å². The SMILES string of the molecule is SCCc1n[nH]c2c1CCCC2. The topological polar surface area (TPSA) is 28.7 Å². The number of aryl methyl sites for hydroxylation is 2. The first kappa shape index (κ1) is 8.17. The molecule has 2 nitrogen and oxygen atoms in total. The Hall–Kier alpha value is -0.440. The van der Waals surface area contributed by atoms with E-state index in [-0.39, 0.29) is 0 Å². The molecule has 1 aromatic rings. The summed E-state index contributed by atoms with van der Waals surface area (Å²) < 4.78 is 0. The highest BCUT2D eigenvalue weighted by atomic mass is 32.1. The lowest BCUT2D eigenvalue weighted by Gasteiger charge is -2.10. The molecule has 0 bridgehead atoms. The van der Waals surface area contributed by atoms with Crippen LogP contribution in [0.5, 0.6) is 0 Å². The molecular formula is C9H14N2S. The summed E-state index contributed by atoms with van der Waals surface area (Å²) in [5.41, 5.74) is 4.10. The Bertz CT molecular complexity index is 267. The van der Waals surface area contributed by atoms with E-state index in [1.807, 2.05) is 0 Å². The van der Waals surface area contributed by atoms with Crippen LogP contribution < -0.4 is 0 Å². The summed E-state index contributed by atoms with van der Waals surface area (Å²) in [7, 11) is 0. The maximum atomic E-state index is 4.31.